The normalized spacial score (nSPS) is 19.6. The number of piperazine rings is 1. The smallest absolute Gasteiger partial charge is 0.239 e. The van der Waals surface area contributed by atoms with E-state index in [0.29, 0.717) is 6.54 Å². The first-order chi connectivity index (χ1) is 13.8. The van der Waals surface area contributed by atoms with Crippen molar-refractivity contribution in [2.24, 2.45) is 4.99 Å². The molecule has 2 aliphatic heterocycles. The predicted octanol–water partition coefficient (Wildman–Crippen LogP) is 2.76. The first-order valence-corrected chi connectivity index (χ1v) is 11.6. The van der Waals surface area contributed by atoms with Crippen molar-refractivity contribution in [2.45, 2.75) is 58.5 Å². The van der Waals surface area contributed by atoms with Crippen molar-refractivity contribution >= 4 is 47.2 Å². The molecule has 0 radical (unpaired) electrons. The summed E-state index contributed by atoms with van der Waals surface area (Å²) in [7, 11) is 1.83. The first kappa shape index (κ1) is 25.3. The van der Waals surface area contributed by atoms with Crippen LogP contribution in [0.4, 0.5) is 0 Å². The molecule has 170 valence electrons. The maximum atomic E-state index is 12.7. The molecular formula is C21H37IN6OS. The Bertz CT molecular complexity index is 717. The van der Waals surface area contributed by atoms with Crippen LogP contribution in [0.2, 0.25) is 0 Å². The van der Waals surface area contributed by atoms with E-state index in [1.807, 2.05) is 11.9 Å². The number of guanidine groups is 1. The van der Waals surface area contributed by atoms with E-state index in [0.717, 1.165) is 68.8 Å². The Morgan fingerprint density at radius 3 is 2.33 bits per heavy atom. The molecule has 1 aromatic heterocycles. The Morgan fingerprint density at radius 1 is 1.17 bits per heavy atom. The van der Waals surface area contributed by atoms with Gasteiger partial charge in [0.05, 0.1) is 23.3 Å². The van der Waals surface area contributed by atoms with E-state index in [1.54, 1.807) is 11.3 Å². The van der Waals surface area contributed by atoms with E-state index >= 15 is 0 Å². The van der Waals surface area contributed by atoms with Crippen molar-refractivity contribution < 1.29 is 4.79 Å². The highest BCUT2D eigenvalue weighted by molar-refractivity contribution is 14.0. The number of aliphatic imine (C=N–C) groups is 1. The topological polar surface area (TPSA) is 64.1 Å². The number of nitrogens with zero attached hydrogens (tertiary/aromatic N) is 5. The number of hydrogen-bond acceptors (Lipinski definition) is 5. The number of halogens is 1. The summed E-state index contributed by atoms with van der Waals surface area (Å²) in [6.45, 7) is 14.7. The second-order valence-electron chi connectivity index (χ2n) is 9.03. The molecule has 0 spiro atoms. The number of amides is 1. The van der Waals surface area contributed by atoms with Gasteiger partial charge in [-0.15, -0.1) is 35.3 Å². The molecule has 2 fully saturated rings. The number of aromatic nitrogens is 1. The highest BCUT2D eigenvalue weighted by Gasteiger charge is 2.30. The van der Waals surface area contributed by atoms with Crippen molar-refractivity contribution in [2.75, 3.05) is 46.3 Å². The highest BCUT2D eigenvalue weighted by Crippen LogP contribution is 2.25. The maximum absolute atomic E-state index is 12.7. The number of hydrogen-bond donors (Lipinski definition) is 1. The summed E-state index contributed by atoms with van der Waals surface area (Å²) in [5.74, 6) is 1.20. The van der Waals surface area contributed by atoms with Crippen LogP contribution in [0.3, 0.4) is 0 Å². The molecule has 0 aromatic carbocycles. The molecular weight excluding hydrogens is 511 g/mol. The van der Waals surface area contributed by atoms with Crippen molar-refractivity contribution in [1.82, 2.24) is 25.0 Å². The summed E-state index contributed by atoms with van der Waals surface area (Å²) in [5, 5.41) is 6.75. The zero-order valence-electron chi connectivity index (χ0n) is 19.0. The molecule has 3 heterocycles. The van der Waals surface area contributed by atoms with Gasteiger partial charge in [-0.05, 0) is 19.8 Å². The Labute approximate surface area is 202 Å². The molecule has 0 aliphatic carbocycles. The molecule has 0 saturated carbocycles. The summed E-state index contributed by atoms with van der Waals surface area (Å²) in [6.07, 6.45) is 2.29. The lowest BCUT2D eigenvalue weighted by molar-refractivity contribution is -0.135. The van der Waals surface area contributed by atoms with E-state index in [-0.39, 0.29) is 41.3 Å². The standard InChI is InChI=1S/C21H36N6OS.HI/c1-16(18(28)26-8-6-7-9-26)25-10-12-27(13-11-25)20(22-5)23-14-17-15-29-19(24-17)21(2,3)4;/h15-16H,6-14H2,1-5H3,(H,22,23);1H. The van der Waals surface area contributed by atoms with Crippen LogP contribution in [-0.4, -0.2) is 83.9 Å². The van der Waals surface area contributed by atoms with Crippen LogP contribution in [0.1, 0.15) is 51.2 Å². The summed E-state index contributed by atoms with van der Waals surface area (Å²) in [5.41, 5.74) is 1.15. The molecule has 1 atom stereocenters. The minimum atomic E-state index is -0.0314. The fourth-order valence-electron chi connectivity index (χ4n) is 3.91. The van der Waals surface area contributed by atoms with Gasteiger partial charge in [0.15, 0.2) is 5.96 Å². The molecule has 1 aromatic rings. The van der Waals surface area contributed by atoms with Crippen LogP contribution in [0.25, 0.3) is 0 Å². The maximum Gasteiger partial charge on any atom is 0.239 e. The van der Waals surface area contributed by atoms with Gasteiger partial charge < -0.3 is 15.1 Å². The van der Waals surface area contributed by atoms with Gasteiger partial charge in [0.25, 0.3) is 0 Å². The summed E-state index contributed by atoms with van der Waals surface area (Å²) < 4.78 is 0. The average Bonchev–Trinajstić information content (AvgIpc) is 3.39. The molecule has 9 heteroatoms. The number of rotatable bonds is 4. The Morgan fingerprint density at radius 2 is 1.80 bits per heavy atom. The molecule has 7 nitrogen and oxygen atoms in total. The minimum absolute atomic E-state index is 0. The molecule has 0 bridgehead atoms. The van der Waals surface area contributed by atoms with Crippen LogP contribution >= 0.6 is 35.3 Å². The van der Waals surface area contributed by atoms with E-state index in [9.17, 15) is 4.79 Å². The molecule has 1 amide bonds. The molecule has 1 unspecified atom stereocenters. The monoisotopic (exact) mass is 548 g/mol. The second-order valence-corrected chi connectivity index (χ2v) is 9.88. The molecule has 30 heavy (non-hydrogen) atoms. The third-order valence-corrected chi connectivity index (χ3v) is 7.09. The summed E-state index contributed by atoms with van der Waals surface area (Å²) >= 11 is 1.72. The number of thiazole rings is 1. The van der Waals surface area contributed by atoms with Gasteiger partial charge in [0.1, 0.15) is 0 Å². The van der Waals surface area contributed by atoms with Crippen molar-refractivity contribution in [3.63, 3.8) is 0 Å². The summed E-state index contributed by atoms with van der Waals surface area (Å²) in [6, 6.07) is -0.0314. The molecule has 2 saturated heterocycles. The Balaban J connectivity index is 0.00000320. The number of nitrogens with one attached hydrogen (secondary N) is 1. The van der Waals surface area contributed by atoms with Gasteiger partial charge in [-0.1, -0.05) is 20.8 Å². The Kier molecular flexibility index (Phi) is 9.35. The predicted molar refractivity (Wildman–Crippen MR) is 135 cm³/mol. The van der Waals surface area contributed by atoms with Gasteiger partial charge >= 0.3 is 0 Å². The van der Waals surface area contributed by atoms with E-state index in [2.05, 4.69) is 53.2 Å². The minimum Gasteiger partial charge on any atom is -0.351 e. The second kappa shape index (κ2) is 11.1. The number of carbonyl (C=O) groups is 1. The average molecular weight is 549 g/mol. The number of carbonyl (C=O) groups excluding carboxylic acids is 1. The van der Waals surface area contributed by atoms with Crippen LogP contribution < -0.4 is 5.32 Å². The molecule has 3 rings (SSSR count). The lowest BCUT2D eigenvalue weighted by Crippen LogP contribution is -2.57. The van der Waals surface area contributed by atoms with Crippen molar-refractivity contribution in [1.29, 1.82) is 0 Å². The fourth-order valence-corrected chi connectivity index (χ4v) is 4.82. The third-order valence-electron chi connectivity index (χ3n) is 5.77. The first-order valence-electron chi connectivity index (χ1n) is 10.7. The van der Waals surface area contributed by atoms with E-state index < -0.39 is 0 Å². The van der Waals surface area contributed by atoms with Gasteiger partial charge in [-0.3, -0.25) is 14.7 Å². The fraction of sp³-hybridized carbons (Fsp3) is 0.762. The SMILES string of the molecule is CN=C(NCc1csc(C(C)(C)C)n1)N1CCN(C(C)C(=O)N2CCCC2)CC1.I. The lowest BCUT2D eigenvalue weighted by Gasteiger charge is -2.39. The zero-order valence-corrected chi connectivity index (χ0v) is 22.1. The van der Waals surface area contributed by atoms with E-state index in [4.69, 9.17) is 4.98 Å². The summed E-state index contributed by atoms with van der Waals surface area (Å²) in [4.78, 5) is 28.5. The quantitative estimate of drug-likeness (QED) is 0.356. The van der Waals surface area contributed by atoms with Crippen molar-refractivity contribution in [3.05, 3.63) is 16.1 Å². The van der Waals surface area contributed by atoms with Gasteiger partial charge in [0.2, 0.25) is 5.91 Å². The number of likely N-dealkylation sites (tertiary alicyclic amines) is 1. The van der Waals surface area contributed by atoms with Crippen LogP contribution in [0, 0.1) is 0 Å². The zero-order chi connectivity index (χ0) is 21.0. The van der Waals surface area contributed by atoms with Gasteiger partial charge in [0, 0.05) is 57.1 Å². The lowest BCUT2D eigenvalue weighted by atomic mass is 9.98. The van der Waals surface area contributed by atoms with Crippen LogP contribution in [0.5, 0.6) is 0 Å². The van der Waals surface area contributed by atoms with Crippen LogP contribution in [0.15, 0.2) is 10.4 Å². The van der Waals surface area contributed by atoms with Crippen LogP contribution in [-0.2, 0) is 16.8 Å². The van der Waals surface area contributed by atoms with Crippen molar-refractivity contribution in [3.8, 4) is 0 Å². The van der Waals surface area contributed by atoms with E-state index in [1.165, 1.54) is 0 Å². The van der Waals surface area contributed by atoms with Gasteiger partial charge in [-0.25, -0.2) is 4.98 Å². The molecule has 1 N–H and O–H groups in total. The third kappa shape index (κ3) is 6.29. The highest BCUT2D eigenvalue weighted by atomic mass is 127. The Hall–Kier alpha value is -0.940. The largest absolute Gasteiger partial charge is 0.351 e. The van der Waals surface area contributed by atoms with Gasteiger partial charge in [-0.2, -0.15) is 0 Å². The molecule has 2 aliphatic rings.